The first-order valence-electron chi connectivity index (χ1n) is 6.65. The van der Waals surface area contributed by atoms with Crippen LogP contribution in [0.1, 0.15) is 10.7 Å². The van der Waals surface area contributed by atoms with Crippen LogP contribution in [0.2, 0.25) is 0 Å². The van der Waals surface area contributed by atoms with Crippen LogP contribution >= 0.6 is 22.7 Å². The highest BCUT2D eigenvalue weighted by atomic mass is 32.1. The number of hydrogen-bond donors (Lipinski definition) is 2. The van der Waals surface area contributed by atoms with Crippen molar-refractivity contribution < 1.29 is 9.53 Å². The number of rotatable bonds is 4. The summed E-state index contributed by atoms with van der Waals surface area (Å²) in [6, 6.07) is 3.68. The molecule has 118 valence electrons. The zero-order valence-electron chi connectivity index (χ0n) is 12.4. The largest absolute Gasteiger partial charge is 0.420 e. The summed E-state index contributed by atoms with van der Waals surface area (Å²) in [7, 11) is 0. The fraction of sp³-hybridized carbons (Fsp3) is 0.143. The molecule has 1 amide bonds. The Labute approximate surface area is 140 Å². The van der Waals surface area contributed by atoms with Crippen LogP contribution in [0.3, 0.4) is 0 Å². The van der Waals surface area contributed by atoms with E-state index in [0.717, 1.165) is 16.4 Å². The first kappa shape index (κ1) is 15.4. The maximum atomic E-state index is 12.0. The number of hydrogen-bond acceptors (Lipinski definition) is 8. The molecule has 0 spiro atoms. The third-order valence-corrected chi connectivity index (χ3v) is 4.38. The van der Waals surface area contributed by atoms with Crippen molar-refractivity contribution in [1.29, 1.82) is 0 Å². The lowest BCUT2D eigenvalue weighted by Crippen LogP contribution is -2.17. The van der Waals surface area contributed by atoms with E-state index in [2.05, 4.69) is 25.6 Å². The van der Waals surface area contributed by atoms with Gasteiger partial charge in [0.1, 0.15) is 0 Å². The molecule has 0 aromatic carbocycles. The molecule has 9 heteroatoms. The van der Waals surface area contributed by atoms with E-state index in [1.54, 1.807) is 12.4 Å². The fourth-order valence-electron chi connectivity index (χ4n) is 1.74. The molecular weight excluding hydrogens is 334 g/mol. The highest BCUT2D eigenvalue weighted by Gasteiger charge is 2.16. The minimum atomic E-state index is -0.626. The predicted molar refractivity (Wildman–Crippen MR) is 90.9 cm³/mol. The van der Waals surface area contributed by atoms with Gasteiger partial charge in [0, 0.05) is 11.6 Å². The summed E-state index contributed by atoms with van der Waals surface area (Å²) < 4.78 is 5.28. The maximum Gasteiger partial charge on any atom is 0.420 e. The minimum absolute atomic E-state index is 0.224. The monoisotopic (exact) mass is 347 g/mol. The third kappa shape index (κ3) is 4.02. The molecule has 0 aliphatic heterocycles. The van der Waals surface area contributed by atoms with Crippen LogP contribution in [-0.2, 0) is 0 Å². The first-order valence-corrected chi connectivity index (χ1v) is 8.35. The highest BCUT2D eigenvalue weighted by molar-refractivity contribution is 7.16. The summed E-state index contributed by atoms with van der Waals surface area (Å²) in [6.07, 6.45) is 2.74. The van der Waals surface area contributed by atoms with E-state index in [4.69, 9.17) is 4.74 Å². The second kappa shape index (κ2) is 6.71. The molecule has 0 bridgehead atoms. The fourth-order valence-corrected chi connectivity index (χ4v) is 3.18. The van der Waals surface area contributed by atoms with Gasteiger partial charge in [0.15, 0.2) is 10.1 Å². The van der Waals surface area contributed by atoms with E-state index in [0.29, 0.717) is 10.1 Å². The summed E-state index contributed by atoms with van der Waals surface area (Å²) >= 11 is 2.73. The summed E-state index contributed by atoms with van der Waals surface area (Å²) in [5, 5.41) is 9.48. The van der Waals surface area contributed by atoms with Gasteiger partial charge in [0.2, 0.25) is 0 Å². The molecule has 23 heavy (non-hydrogen) atoms. The average Bonchev–Trinajstić information content (AvgIpc) is 3.06. The van der Waals surface area contributed by atoms with E-state index in [1.807, 2.05) is 31.4 Å². The van der Waals surface area contributed by atoms with Crippen molar-refractivity contribution in [3.05, 3.63) is 40.6 Å². The molecule has 2 N–H and O–H groups in total. The number of aromatic nitrogens is 3. The van der Waals surface area contributed by atoms with Crippen LogP contribution in [0.15, 0.2) is 29.9 Å². The number of carbonyl (C=O) groups excluding carboxylic acids is 1. The standard InChI is InChI=1S/C14H13N5O2S2/c1-8-7-22-13(16-8)19-14(20)21-11-12(23-9(2)17-11)18-10-4-3-5-15-6-10/h3-7,18H,1-2H3,(H,16,19,20). The van der Waals surface area contributed by atoms with Crippen molar-refractivity contribution >= 4 is 44.6 Å². The van der Waals surface area contributed by atoms with Gasteiger partial charge in [-0.1, -0.05) is 11.3 Å². The summed E-state index contributed by atoms with van der Waals surface area (Å²) in [6.45, 7) is 3.70. The number of nitrogens with one attached hydrogen (secondary N) is 2. The van der Waals surface area contributed by atoms with E-state index in [1.165, 1.54) is 22.7 Å². The molecule has 0 saturated heterocycles. The Bertz CT molecular complexity index is 816. The van der Waals surface area contributed by atoms with E-state index in [-0.39, 0.29) is 5.88 Å². The van der Waals surface area contributed by atoms with Gasteiger partial charge in [0.25, 0.3) is 5.88 Å². The molecule has 0 radical (unpaired) electrons. The first-order chi connectivity index (χ1) is 11.1. The van der Waals surface area contributed by atoms with Crippen LogP contribution in [0.25, 0.3) is 0 Å². The Morgan fingerprint density at radius 3 is 2.87 bits per heavy atom. The number of amides is 1. The van der Waals surface area contributed by atoms with Crippen LogP contribution in [0.4, 0.5) is 20.6 Å². The number of pyridine rings is 1. The molecular formula is C14H13N5O2S2. The summed E-state index contributed by atoms with van der Waals surface area (Å²) in [5.74, 6) is 0.224. The van der Waals surface area contributed by atoms with Crippen molar-refractivity contribution in [2.75, 3.05) is 10.6 Å². The van der Waals surface area contributed by atoms with Crippen molar-refractivity contribution in [3.63, 3.8) is 0 Å². The smallest absolute Gasteiger partial charge is 0.388 e. The van der Waals surface area contributed by atoms with Crippen molar-refractivity contribution in [1.82, 2.24) is 15.0 Å². The molecule has 3 rings (SSSR count). The summed E-state index contributed by atoms with van der Waals surface area (Å²) in [5.41, 5.74) is 1.63. The minimum Gasteiger partial charge on any atom is -0.388 e. The SMILES string of the molecule is Cc1csc(NC(=O)Oc2nc(C)sc2Nc2cccnc2)n1. The van der Waals surface area contributed by atoms with E-state index < -0.39 is 6.09 Å². The number of anilines is 3. The zero-order chi connectivity index (χ0) is 16.2. The zero-order valence-corrected chi connectivity index (χ0v) is 14.0. The predicted octanol–water partition coefficient (Wildman–Crippen LogP) is 3.97. The molecule has 0 atom stereocenters. The van der Waals surface area contributed by atoms with Crippen LogP contribution < -0.4 is 15.4 Å². The lowest BCUT2D eigenvalue weighted by Gasteiger charge is -2.06. The Kier molecular flexibility index (Phi) is 4.49. The normalized spacial score (nSPS) is 10.3. The Hall–Kier alpha value is -2.52. The quantitative estimate of drug-likeness (QED) is 0.742. The molecule has 0 aliphatic carbocycles. The van der Waals surface area contributed by atoms with E-state index >= 15 is 0 Å². The van der Waals surface area contributed by atoms with Crippen molar-refractivity contribution in [3.8, 4) is 5.88 Å². The lowest BCUT2D eigenvalue weighted by molar-refractivity contribution is 0.214. The van der Waals surface area contributed by atoms with Gasteiger partial charge in [-0.3, -0.25) is 10.3 Å². The third-order valence-electron chi connectivity index (χ3n) is 2.64. The Balaban J connectivity index is 1.71. The Morgan fingerprint density at radius 2 is 2.17 bits per heavy atom. The van der Waals surface area contributed by atoms with Crippen LogP contribution in [0.5, 0.6) is 5.88 Å². The van der Waals surface area contributed by atoms with E-state index in [9.17, 15) is 4.79 Å². The summed E-state index contributed by atoms with van der Waals surface area (Å²) in [4.78, 5) is 24.4. The van der Waals surface area contributed by atoms with Crippen LogP contribution in [0, 0.1) is 13.8 Å². The Morgan fingerprint density at radius 1 is 1.30 bits per heavy atom. The second-order valence-corrected chi connectivity index (χ2v) is 6.60. The van der Waals surface area contributed by atoms with Gasteiger partial charge < -0.3 is 10.1 Å². The average molecular weight is 347 g/mol. The van der Waals surface area contributed by atoms with Gasteiger partial charge in [-0.15, -0.1) is 11.3 Å². The number of aryl methyl sites for hydroxylation is 2. The molecule has 0 unspecified atom stereocenters. The van der Waals surface area contributed by atoms with Crippen molar-refractivity contribution in [2.24, 2.45) is 0 Å². The highest BCUT2D eigenvalue weighted by Crippen LogP contribution is 2.33. The molecule has 0 fully saturated rings. The van der Waals surface area contributed by atoms with Crippen molar-refractivity contribution in [2.45, 2.75) is 13.8 Å². The van der Waals surface area contributed by atoms with Gasteiger partial charge in [-0.25, -0.2) is 14.8 Å². The van der Waals surface area contributed by atoms with Crippen LogP contribution in [-0.4, -0.2) is 21.0 Å². The van der Waals surface area contributed by atoms with Gasteiger partial charge in [-0.2, -0.15) is 0 Å². The lowest BCUT2D eigenvalue weighted by atomic mass is 10.4. The topological polar surface area (TPSA) is 89.0 Å². The number of ether oxygens (including phenoxy) is 1. The molecule has 3 heterocycles. The van der Waals surface area contributed by atoms with Gasteiger partial charge in [-0.05, 0) is 26.0 Å². The second-order valence-electron chi connectivity index (χ2n) is 4.54. The van der Waals surface area contributed by atoms with Gasteiger partial charge >= 0.3 is 6.09 Å². The molecule has 0 aliphatic rings. The van der Waals surface area contributed by atoms with Gasteiger partial charge in [0.05, 0.1) is 22.6 Å². The number of nitrogens with zero attached hydrogens (tertiary/aromatic N) is 3. The number of carbonyl (C=O) groups is 1. The molecule has 7 nitrogen and oxygen atoms in total. The molecule has 0 saturated carbocycles. The maximum absolute atomic E-state index is 12.0. The number of thiazole rings is 2. The molecule has 3 aromatic rings. The molecule has 3 aromatic heterocycles.